The van der Waals surface area contributed by atoms with Crippen LogP contribution in [0.15, 0.2) is 198 Å². The molecular weight excluding hydrogens is 723 g/mol. The minimum Gasteiger partial charge on any atom is -0.744 e. The fourth-order valence-corrected chi connectivity index (χ4v) is 7.90. The normalized spacial score (nSPS) is 15.3. The highest BCUT2D eigenvalue weighted by atomic mass is 32.2. The Labute approximate surface area is 337 Å². The lowest BCUT2D eigenvalue weighted by atomic mass is 9.98. The van der Waals surface area contributed by atoms with Crippen LogP contribution in [0, 0.1) is 6.92 Å². The number of hydrogen-bond donors (Lipinski definition) is 0. The number of anilines is 3. The van der Waals surface area contributed by atoms with Crippen molar-refractivity contribution in [2.45, 2.75) is 45.1 Å². The minimum absolute atomic E-state index is 0.178. The van der Waals surface area contributed by atoms with Gasteiger partial charge in [-0.25, -0.2) is 8.42 Å². The first-order chi connectivity index (χ1) is 27.7. The van der Waals surface area contributed by atoms with Crippen molar-refractivity contribution in [3.05, 3.63) is 210 Å². The summed E-state index contributed by atoms with van der Waals surface area (Å²) in [6.07, 6.45) is 18.0. The average Bonchev–Trinajstić information content (AvgIpc) is 3.64. The molecule has 0 saturated heterocycles. The summed E-state index contributed by atoms with van der Waals surface area (Å²) in [6.45, 7) is 8.11. The van der Waals surface area contributed by atoms with E-state index in [0.717, 1.165) is 42.9 Å². The number of aryl methyl sites for hydroxylation is 2. The van der Waals surface area contributed by atoms with Gasteiger partial charge in [-0.05, 0) is 111 Å². The summed E-state index contributed by atoms with van der Waals surface area (Å²) < 4.78 is 33.5. The van der Waals surface area contributed by atoms with E-state index in [9.17, 15) is 13.0 Å². The van der Waals surface area contributed by atoms with Crippen molar-refractivity contribution in [2.24, 2.45) is 0 Å². The fraction of sp³-hybridized carbons (Fsp3) is 0.140. The predicted octanol–water partition coefficient (Wildman–Crippen LogP) is 11.3. The van der Waals surface area contributed by atoms with Gasteiger partial charge in [-0.1, -0.05) is 109 Å². The molecule has 286 valence electrons. The zero-order valence-electron chi connectivity index (χ0n) is 32.6. The number of aromatic nitrogens is 1. The number of rotatable bonds is 9. The summed E-state index contributed by atoms with van der Waals surface area (Å²) in [5.74, 6) is 0. The Balaban J connectivity index is 0.000000391. The van der Waals surface area contributed by atoms with Crippen molar-refractivity contribution in [1.82, 2.24) is 0 Å². The van der Waals surface area contributed by atoms with Gasteiger partial charge < -0.3 is 14.4 Å². The fourth-order valence-electron chi connectivity index (χ4n) is 7.43. The standard InChI is InChI=1S/C43H40N3.C7H8O3S/c1-3-44-31-29-33(39-19-11-13-21-41(39)44)23-25-35-27-28-36(26-24-34-30-32-45(4-2)42-22-14-12-20-40(34)42)43(35)46(37-15-7-5-8-16-37)38-17-9-6-10-18-38;1-6-2-4-7(5-3-6)11(8,9)10/h5-26,29-32H,3-4,27-28H2,1-2H3;2-5H,1H3,(H,8,9,10)/q+1;/p-1. The van der Waals surface area contributed by atoms with Crippen LogP contribution in [0.5, 0.6) is 0 Å². The van der Waals surface area contributed by atoms with Gasteiger partial charge in [0.2, 0.25) is 5.52 Å². The molecule has 8 rings (SSSR count). The van der Waals surface area contributed by atoms with E-state index in [-0.39, 0.29) is 4.90 Å². The molecule has 6 aromatic rings. The van der Waals surface area contributed by atoms with Gasteiger partial charge in [0.05, 0.1) is 16.0 Å². The van der Waals surface area contributed by atoms with Gasteiger partial charge >= 0.3 is 0 Å². The van der Waals surface area contributed by atoms with Crippen molar-refractivity contribution in [3.8, 4) is 0 Å². The Morgan fingerprint density at radius 3 is 2.05 bits per heavy atom. The second kappa shape index (κ2) is 17.7. The molecule has 0 unspecified atom stereocenters. The maximum atomic E-state index is 10.4. The Hall–Kier alpha value is -6.28. The first-order valence-electron chi connectivity index (χ1n) is 19.5. The lowest BCUT2D eigenvalue weighted by Crippen LogP contribution is -2.32. The summed E-state index contributed by atoms with van der Waals surface area (Å²) in [6, 6.07) is 47.0. The van der Waals surface area contributed by atoms with E-state index in [1.807, 2.05) is 6.92 Å². The highest BCUT2D eigenvalue weighted by molar-refractivity contribution is 7.85. The average molecular weight is 770 g/mol. The van der Waals surface area contributed by atoms with Crippen LogP contribution in [0.1, 0.15) is 43.4 Å². The van der Waals surface area contributed by atoms with Gasteiger partial charge in [0.1, 0.15) is 16.7 Å². The van der Waals surface area contributed by atoms with Crippen LogP contribution in [-0.4, -0.2) is 19.5 Å². The Bertz CT molecular complexity index is 2590. The number of allylic oxidation sites excluding steroid dienone is 7. The Kier molecular flexibility index (Phi) is 12.1. The molecule has 1 aliphatic carbocycles. The third-order valence-electron chi connectivity index (χ3n) is 10.4. The molecule has 0 radical (unpaired) electrons. The predicted molar refractivity (Wildman–Crippen MR) is 234 cm³/mol. The first kappa shape index (κ1) is 39.0. The van der Waals surface area contributed by atoms with Gasteiger partial charge in [0.25, 0.3) is 0 Å². The van der Waals surface area contributed by atoms with E-state index in [0.29, 0.717) is 0 Å². The quantitative estimate of drug-likeness (QED) is 0.108. The van der Waals surface area contributed by atoms with E-state index in [1.165, 1.54) is 62.3 Å². The molecule has 7 heteroatoms. The SMILES string of the molecule is CCN1C=C/C(=C\C=C2/CCC(/C=C/c3cc[n+](CC)c4ccccc34)=C2N(c2ccccc2)c2ccccc2)c2ccccc21.Cc1ccc(S(=O)(=O)[O-])cc1. The topological polar surface area (TPSA) is 67.6 Å². The largest absolute Gasteiger partial charge is 0.744 e. The van der Waals surface area contributed by atoms with E-state index in [4.69, 9.17) is 0 Å². The highest BCUT2D eigenvalue weighted by Gasteiger charge is 2.26. The number of para-hydroxylation sites is 4. The maximum Gasteiger partial charge on any atom is 0.213 e. The van der Waals surface area contributed by atoms with Gasteiger partial charge in [-0.15, -0.1) is 0 Å². The van der Waals surface area contributed by atoms with Crippen molar-refractivity contribution in [1.29, 1.82) is 0 Å². The molecule has 0 N–H and O–H groups in total. The van der Waals surface area contributed by atoms with Crippen molar-refractivity contribution >= 4 is 49.7 Å². The van der Waals surface area contributed by atoms with Gasteiger partial charge in [-0.2, -0.15) is 4.57 Å². The molecule has 0 bridgehead atoms. The molecule has 5 aromatic carbocycles. The van der Waals surface area contributed by atoms with Crippen LogP contribution in [0.3, 0.4) is 0 Å². The van der Waals surface area contributed by atoms with Crippen LogP contribution >= 0.6 is 0 Å². The Morgan fingerprint density at radius 2 is 1.39 bits per heavy atom. The molecule has 1 aromatic heterocycles. The molecule has 57 heavy (non-hydrogen) atoms. The number of fused-ring (bicyclic) bond motifs is 2. The summed E-state index contributed by atoms with van der Waals surface area (Å²) in [5.41, 5.74) is 13.5. The van der Waals surface area contributed by atoms with Crippen LogP contribution in [-0.2, 0) is 16.7 Å². The lowest BCUT2D eigenvalue weighted by Gasteiger charge is -2.28. The first-order valence-corrected chi connectivity index (χ1v) is 20.9. The molecule has 0 spiro atoms. The maximum absolute atomic E-state index is 10.4. The van der Waals surface area contributed by atoms with Crippen molar-refractivity contribution in [2.75, 3.05) is 16.3 Å². The van der Waals surface area contributed by atoms with Crippen molar-refractivity contribution < 1.29 is 17.5 Å². The summed E-state index contributed by atoms with van der Waals surface area (Å²) in [7, 11) is -4.27. The van der Waals surface area contributed by atoms with E-state index >= 15 is 0 Å². The van der Waals surface area contributed by atoms with E-state index in [1.54, 1.807) is 12.1 Å². The third kappa shape index (κ3) is 8.91. The third-order valence-corrected chi connectivity index (χ3v) is 11.2. The minimum atomic E-state index is -4.27. The molecule has 1 aliphatic heterocycles. The number of nitrogens with zero attached hydrogens (tertiary/aromatic N) is 3. The molecule has 2 aliphatic rings. The lowest BCUT2D eigenvalue weighted by molar-refractivity contribution is -0.667. The molecule has 0 fully saturated rings. The van der Waals surface area contributed by atoms with E-state index < -0.39 is 10.1 Å². The molecule has 2 heterocycles. The molecular formula is C50H47N3O3S. The number of benzene rings is 5. The second-order valence-corrected chi connectivity index (χ2v) is 15.4. The van der Waals surface area contributed by atoms with E-state index in [2.05, 4.69) is 186 Å². The number of pyridine rings is 1. The highest BCUT2D eigenvalue weighted by Crippen LogP contribution is 2.42. The molecule has 0 saturated carbocycles. The van der Waals surface area contributed by atoms with Crippen molar-refractivity contribution in [3.63, 3.8) is 0 Å². The molecule has 6 nitrogen and oxygen atoms in total. The van der Waals surface area contributed by atoms with Gasteiger partial charge in [0.15, 0.2) is 6.20 Å². The van der Waals surface area contributed by atoms with Crippen LogP contribution < -0.4 is 14.4 Å². The summed E-state index contributed by atoms with van der Waals surface area (Å²) in [4.78, 5) is 4.57. The van der Waals surface area contributed by atoms with Crippen LogP contribution in [0.4, 0.5) is 17.1 Å². The Morgan fingerprint density at radius 1 is 0.737 bits per heavy atom. The summed E-state index contributed by atoms with van der Waals surface area (Å²) >= 11 is 0. The zero-order chi connectivity index (χ0) is 39.8. The van der Waals surface area contributed by atoms with Gasteiger partial charge in [-0.3, -0.25) is 0 Å². The monoisotopic (exact) mass is 769 g/mol. The smallest absolute Gasteiger partial charge is 0.213 e. The molecule has 0 atom stereocenters. The summed E-state index contributed by atoms with van der Waals surface area (Å²) in [5, 5.41) is 1.27. The van der Waals surface area contributed by atoms with Crippen LogP contribution in [0.2, 0.25) is 0 Å². The van der Waals surface area contributed by atoms with Gasteiger partial charge in [0, 0.05) is 47.5 Å². The zero-order valence-corrected chi connectivity index (χ0v) is 33.4. The number of hydrogen-bond acceptors (Lipinski definition) is 5. The molecule has 0 amide bonds. The second-order valence-electron chi connectivity index (χ2n) is 14.0. The van der Waals surface area contributed by atoms with Crippen LogP contribution in [0.25, 0.3) is 22.6 Å².